The van der Waals surface area contributed by atoms with E-state index in [1.54, 1.807) is 19.9 Å². The smallest absolute Gasteiger partial charge is 0.257 e. The molecule has 0 radical (unpaired) electrons. The van der Waals surface area contributed by atoms with Gasteiger partial charge in [-0.15, -0.1) is 4.83 Å². The van der Waals surface area contributed by atoms with Crippen LogP contribution in [0.15, 0.2) is 35.2 Å². The summed E-state index contributed by atoms with van der Waals surface area (Å²) in [6.07, 6.45) is 0. The van der Waals surface area contributed by atoms with E-state index in [9.17, 15) is 13.2 Å². The van der Waals surface area contributed by atoms with E-state index in [0.29, 0.717) is 5.69 Å². The molecular weight excluding hydrogens is 318 g/mol. The highest BCUT2D eigenvalue weighted by atomic mass is 32.2. The Kier molecular flexibility index (Phi) is 4.92. The van der Waals surface area contributed by atoms with Crippen LogP contribution in [0, 0.1) is 13.8 Å². The molecule has 0 atom stereocenters. The minimum atomic E-state index is -3.78. The maximum Gasteiger partial charge on any atom is 0.257 e. The molecule has 1 aromatic carbocycles. The number of hydrogen-bond donors (Lipinski definition) is 3. The van der Waals surface area contributed by atoms with Gasteiger partial charge in [0.1, 0.15) is 0 Å². The highest BCUT2D eigenvalue weighted by Gasteiger charge is 2.14. The van der Waals surface area contributed by atoms with Crippen LogP contribution in [0.5, 0.6) is 0 Å². The van der Waals surface area contributed by atoms with Gasteiger partial charge in [-0.25, -0.2) is 18.4 Å². The molecule has 23 heavy (non-hydrogen) atoms. The number of nitrogens with zero attached hydrogens (tertiary/aromatic N) is 2. The quantitative estimate of drug-likeness (QED) is 0.711. The number of carbonyl (C=O) groups excluding carboxylic acids is 1. The van der Waals surface area contributed by atoms with Gasteiger partial charge in [-0.05, 0) is 44.2 Å². The largest absolute Gasteiger partial charge is 0.326 e. The van der Waals surface area contributed by atoms with Crippen molar-refractivity contribution in [3.8, 4) is 0 Å². The zero-order valence-electron chi connectivity index (χ0n) is 12.9. The zero-order valence-corrected chi connectivity index (χ0v) is 13.7. The number of aromatic nitrogens is 2. The number of hydrazine groups is 1. The van der Waals surface area contributed by atoms with Crippen molar-refractivity contribution in [3.05, 3.63) is 41.7 Å². The average Bonchev–Trinajstić information content (AvgIpc) is 2.44. The third-order valence-corrected chi connectivity index (χ3v) is 4.03. The lowest BCUT2D eigenvalue weighted by atomic mass is 10.3. The van der Waals surface area contributed by atoms with Crippen LogP contribution >= 0.6 is 0 Å². The molecular formula is C14H17N5O3S. The van der Waals surface area contributed by atoms with Gasteiger partial charge in [-0.1, -0.05) is 0 Å². The summed E-state index contributed by atoms with van der Waals surface area (Å²) in [4.78, 5) is 21.4. The highest BCUT2D eigenvalue weighted by molar-refractivity contribution is 7.89. The molecule has 0 saturated heterocycles. The molecule has 0 aliphatic heterocycles. The molecule has 1 aromatic heterocycles. The molecule has 2 rings (SSSR count). The molecule has 0 unspecified atom stereocenters. The van der Waals surface area contributed by atoms with Crippen LogP contribution in [0.2, 0.25) is 0 Å². The molecule has 0 fully saturated rings. The van der Waals surface area contributed by atoms with Crippen molar-refractivity contribution in [3.63, 3.8) is 0 Å². The first-order chi connectivity index (χ1) is 10.8. The van der Waals surface area contributed by atoms with Gasteiger partial charge < -0.3 is 5.32 Å². The summed E-state index contributed by atoms with van der Waals surface area (Å²) < 4.78 is 24.4. The van der Waals surface area contributed by atoms with Crippen LogP contribution in [-0.4, -0.2) is 24.3 Å². The molecule has 8 nitrogen and oxygen atoms in total. The number of hydrogen-bond acceptors (Lipinski definition) is 6. The van der Waals surface area contributed by atoms with E-state index in [4.69, 9.17) is 0 Å². The van der Waals surface area contributed by atoms with E-state index in [0.717, 1.165) is 11.4 Å². The summed E-state index contributed by atoms with van der Waals surface area (Å²) in [5.41, 5.74) is 4.44. The Morgan fingerprint density at radius 1 is 1.04 bits per heavy atom. The van der Waals surface area contributed by atoms with Gasteiger partial charge in [0, 0.05) is 24.0 Å². The monoisotopic (exact) mass is 335 g/mol. The molecule has 1 heterocycles. The Bertz CT molecular complexity index is 799. The predicted molar refractivity (Wildman–Crippen MR) is 86.2 cm³/mol. The Morgan fingerprint density at radius 3 is 2.13 bits per heavy atom. The highest BCUT2D eigenvalue weighted by Crippen LogP contribution is 2.14. The van der Waals surface area contributed by atoms with Crippen molar-refractivity contribution in [2.75, 3.05) is 10.7 Å². The normalized spacial score (nSPS) is 11.1. The van der Waals surface area contributed by atoms with Gasteiger partial charge in [-0.2, -0.15) is 0 Å². The molecule has 0 aliphatic rings. The number of carbonyl (C=O) groups is 1. The summed E-state index contributed by atoms with van der Waals surface area (Å²) in [5.74, 6) is -0.0618. The summed E-state index contributed by atoms with van der Waals surface area (Å²) in [7, 11) is -3.78. The molecule has 0 aliphatic carbocycles. The minimum Gasteiger partial charge on any atom is -0.326 e. The Labute approximate surface area is 134 Å². The van der Waals surface area contributed by atoms with Gasteiger partial charge >= 0.3 is 0 Å². The van der Waals surface area contributed by atoms with Crippen LogP contribution in [0.25, 0.3) is 0 Å². The molecule has 0 saturated carbocycles. The number of amides is 1. The first-order valence-electron chi connectivity index (χ1n) is 6.74. The van der Waals surface area contributed by atoms with Crippen molar-refractivity contribution in [2.24, 2.45) is 0 Å². The summed E-state index contributed by atoms with van der Waals surface area (Å²) in [6.45, 7) is 4.95. The fourth-order valence-corrected chi connectivity index (χ4v) is 2.71. The second kappa shape index (κ2) is 6.71. The number of sulfonamides is 1. The van der Waals surface area contributed by atoms with Crippen molar-refractivity contribution in [1.29, 1.82) is 0 Å². The zero-order chi connectivity index (χ0) is 17.0. The first-order valence-corrected chi connectivity index (χ1v) is 8.22. The lowest BCUT2D eigenvalue weighted by Crippen LogP contribution is -2.30. The first kappa shape index (κ1) is 16.8. The molecule has 0 bridgehead atoms. The van der Waals surface area contributed by atoms with Crippen LogP contribution < -0.4 is 15.6 Å². The van der Waals surface area contributed by atoms with Gasteiger partial charge in [0.2, 0.25) is 11.9 Å². The lowest BCUT2D eigenvalue weighted by molar-refractivity contribution is -0.114. The van der Waals surface area contributed by atoms with Crippen LogP contribution in [0.3, 0.4) is 0 Å². The van der Waals surface area contributed by atoms with E-state index in [1.807, 2.05) is 0 Å². The molecule has 1 amide bonds. The average molecular weight is 335 g/mol. The molecule has 0 spiro atoms. The summed E-state index contributed by atoms with van der Waals surface area (Å²) in [5, 5.41) is 2.56. The fourth-order valence-electron chi connectivity index (χ4n) is 1.87. The maximum absolute atomic E-state index is 12.2. The third kappa shape index (κ3) is 4.73. The van der Waals surface area contributed by atoms with Crippen molar-refractivity contribution in [1.82, 2.24) is 14.8 Å². The summed E-state index contributed by atoms with van der Waals surface area (Å²) >= 11 is 0. The molecule has 122 valence electrons. The van der Waals surface area contributed by atoms with Gasteiger partial charge in [-0.3, -0.25) is 10.2 Å². The number of aryl methyl sites for hydroxylation is 2. The minimum absolute atomic E-state index is 0.0449. The van der Waals surface area contributed by atoms with Gasteiger partial charge in [0.25, 0.3) is 10.0 Å². The van der Waals surface area contributed by atoms with Gasteiger partial charge in [0.05, 0.1) is 4.90 Å². The maximum atomic E-state index is 12.2. The Balaban J connectivity index is 2.10. The standard InChI is InChI=1S/C14H17N5O3S/c1-9-8-10(2)16-14(15-9)18-19-23(21,22)13-6-4-12(5-7-13)17-11(3)20/h4-8,19H,1-3H3,(H,17,20)(H,15,16,18). The van der Waals surface area contributed by atoms with E-state index < -0.39 is 10.0 Å². The van der Waals surface area contributed by atoms with E-state index in [2.05, 4.69) is 25.5 Å². The Hall–Kier alpha value is -2.52. The van der Waals surface area contributed by atoms with Gasteiger partial charge in [0.15, 0.2) is 0 Å². The number of anilines is 2. The second-order valence-corrected chi connectivity index (χ2v) is 6.59. The topological polar surface area (TPSA) is 113 Å². The van der Waals surface area contributed by atoms with E-state index >= 15 is 0 Å². The molecule has 9 heteroatoms. The number of nitrogens with one attached hydrogen (secondary N) is 3. The second-order valence-electron chi connectivity index (χ2n) is 4.91. The SMILES string of the molecule is CC(=O)Nc1ccc(S(=O)(=O)NNc2nc(C)cc(C)n2)cc1. The molecule has 3 N–H and O–H groups in total. The van der Waals surface area contributed by atoms with E-state index in [1.165, 1.54) is 31.2 Å². The van der Waals surface area contributed by atoms with E-state index in [-0.39, 0.29) is 16.8 Å². The van der Waals surface area contributed by atoms with Crippen LogP contribution in [0.1, 0.15) is 18.3 Å². The van der Waals surface area contributed by atoms with Crippen molar-refractivity contribution >= 4 is 27.6 Å². The van der Waals surface area contributed by atoms with Crippen molar-refractivity contribution < 1.29 is 13.2 Å². The van der Waals surface area contributed by atoms with Crippen LogP contribution in [-0.2, 0) is 14.8 Å². The van der Waals surface area contributed by atoms with Crippen molar-refractivity contribution in [2.45, 2.75) is 25.7 Å². The predicted octanol–water partition coefficient (Wildman–Crippen LogP) is 1.36. The molecule has 2 aromatic rings. The van der Waals surface area contributed by atoms with Crippen LogP contribution in [0.4, 0.5) is 11.6 Å². The number of benzene rings is 1. The fraction of sp³-hybridized carbons (Fsp3) is 0.214. The lowest BCUT2D eigenvalue weighted by Gasteiger charge is -2.10. The third-order valence-electron chi connectivity index (χ3n) is 2.76. The summed E-state index contributed by atoms with van der Waals surface area (Å²) in [6, 6.07) is 7.56. The Morgan fingerprint density at radius 2 is 1.61 bits per heavy atom. The number of rotatable bonds is 5.